The molecule has 0 spiro atoms. The zero-order chi connectivity index (χ0) is 27.0. The third-order valence-electron chi connectivity index (χ3n) is 7.57. The number of ether oxygens (including phenoxy) is 1. The average Bonchev–Trinajstić information content (AvgIpc) is 3.59. The molecule has 0 unspecified atom stereocenters. The molecule has 3 aromatic heterocycles. The Hall–Kier alpha value is -3.32. The monoisotopic (exact) mass is 524 g/mol. The molecule has 0 aromatic carbocycles. The van der Waals surface area contributed by atoms with E-state index in [2.05, 4.69) is 27.0 Å². The van der Waals surface area contributed by atoms with Crippen LogP contribution in [0.15, 0.2) is 36.9 Å². The number of hydrogen-bond donors (Lipinski definition) is 3. The van der Waals surface area contributed by atoms with Crippen LogP contribution in [0.2, 0.25) is 0 Å². The molecule has 0 radical (unpaired) electrons. The first-order valence-corrected chi connectivity index (χ1v) is 13.0. The molecule has 0 aliphatic carbocycles. The van der Waals surface area contributed by atoms with Crippen molar-refractivity contribution in [2.24, 2.45) is 7.05 Å². The number of carbonyl (C=O) groups excluding carboxylic acids is 1. The van der Waals surface area contributed by atoms with Crippen LogP contribution in [0.1, 0.15) is 32.4 Å². The zero-order valence-corrected chi connectivity index (χ0v) is 22.0. The van der Waals surface area contributed by atoms with Crippen molar-refractivity contribution in [1.29, 1.82) is 0 Å². The molecule has 12 nitrogen and oxygen atoms in total. The van der Waals surface area contributed by atoms with E-state index in [1.165, 1.54) is 6.33 Å². The Bertz CT molecular complexity index is 1310. The van der Waals surface area contributed by atoms with Gasteiger partial charge in [-0.2, -0.15) is 5.10 Å². The Labute approximate surface area is 221 Å². The summed E-state index contributed by atoms with van der Waals surface area (Å²) in [6.07, 6.45) is 6.22. The summed E-state index contributed by atoms with van der Waals surface area (Å²) < 4.78 is 9.43. The van der Waals surface area contributed by atoms with Crippen LogP contribution in [0, 0.1) is 0 Å². The van der Waals surface area contributed by atoms with Crippen molar-refractivity contribution in [2.75, 3.05) is 32.4 Å². The molecule has 204 valence electrons. The first-order chi connectivity index (χ1) is 18.3. The third kappa shape index (κ3) is 4.80. The highest BCUT2D eigenvalue weighted by molar-refractivity contribution is 5.99. The van der Waals surface area contributed by atoms with Crippen LogP contribution in [0.3, 0.4) is 0 Å². The number of fused-ring (bicyclic) bond motifs is 1. The number of nitrogens with two attached hydrogens (primary N) is 1. The van der Waals surface area contributed by atoms with E-state index in [-0.39, 0.29) is 17.8 Å². The predicted molar refractivity (Wildman–Crippen MR) is 142 cm³/mol. The van der Waals surface area contributed by atoms with Crippen molar-refractivity contribution in [3.8, 4) is 11.3 Å². The summed E-state index contributed by atoms with van der Waals surface area (Å²) in [7, 11) is 3.88. The number of nitrogens with zero attached hydrogens (tertiary/aromatic N) is 7. The lowest BCUT2D eigenvalue weighted by Gasteiger charge is -2.38. The summed E-state index contributed by atoms with van der Waals surface area (Å²) in [6.45, 7) is 4.25. The molecule has 2 fully saturated rings. The van der Waals surface area contributed by atoms with Gasteiger partial charge in [-0.05, 0) is 52.4 Å². The quantitative estimate of drug-likeness (QED) is 0.384. The Morgan fingerprint density at radius 1 is 1.24 bits per heavy atom. The number of nitrogen functional groups attached to an aromatic ring is 1. The molecule has 4 N–H and O–H groups in total. The molecule has 5 heterocycles. The number of aliphatic hydroxyl groups excluding tert-OH is 2. The summed E-state index contributed by atoms with van der Waals surface area (Å²) in [5.74, 6) is -0.0545. The van der Waals surface area contributed by atoms with E-state index < -0.39 is 24.5 Å². The van der Waals surface area contributed by atoms with E-state index in [0.29, 0.717) is 35.3 Å². The SMILES string of the molecule is C/C=C/CCN(C(=O)[C@H]1O[C@@H](n2cc(-c3ccn(C)n3)c3c(N)ncnc32)[C@H](O)[C@@H]1O)C1CCN(C)CC1. The fraction of sp³-hybridized carbons (Fsp3) is 0.538. The van der Waals surface area contributed by atoms with Gasteiger partial charge in [0.1, 0.15) is 30.0 Å². The van der Waals surface area contributed by atoms with E-state index in [9.17, 15) is 15.0 Å². The molecule has 2 aliphatic rings. The minimum Gasteiger partial charge on any atom is -0.387 e. The van der Waals surface area contributed by atoms with E-state index in [0.717, 1.165) is 25.9 Å². The number of amides is 1. The molecule has 38 heavy (non-hydrogen) atoms. The van der Waals surface area contributed by atoms with Crippen LogP contribution in [0.25, 0.3) is 22.3 Å². The Morgan fingerprint density at radius 3 is 2.68 bits per heavy atom. The van der Waals surface area contributed by atoms with Gasteiger partial charge in [0.05, 0.1) is 11.1 Å². The average molecular weight is 525 g/mol. The number of piperidine rings is 1. The highest BCUT2D eigenvalue weighted by Crippen LogP contribution is 2.38. The Morgan fingerprint density at radius 2 is 2.00 bits per heavy atom. The fourth-order valence-electron chi connectivity index (χ4n) is 5.47. The summed E-state index contributed by atoms with van der Waals surface area (Å²) in [4.78, 5) is 26.4. The second-order valence-corrected chi connectivity index (χ2v) is 10.1. The lowest BCUT2D eigenvalue weighted by Crippen LogP contribution is -2.52. The topological polar surface area (TPSA) is 148 Å². The number of aliphatic hydroxyl groups is 2. The van der Waals surface area contributed by atoms with Crippen molar-refractivity contribution in [3.05, 3.63) is 36.9 Å². The first kappa shape index (κ1) is 26.3. The lowest BCUT2D eigenvalue weighted by atomic mass is 10.0. The molecule has 0 saturated carbocycles. The smallest absolute Gasteiger partial charge is 0.254 e. The largest absolute Gasteiger partial charge is 0.387 e. The maximum atomic E-state index is 13.8. The number of allylic oxidation sites excluding steroid dienone is 1. The van der Waals surface area contributed by atoms with Gasteiger partial charge in [-0.3, -0.25) is 9.48 Å². The molecule has 2 saturated heterocycles. The molecular weight excluding hydrogens is 488 g/mol. The van der Waals surface area contributed by atoms with E-state index in [1.54, 1.807) is 15.4 Å². The van der Waals surface area contributed by atoms with Gasteiger partial charge >= 0.3 is 0 Å². The van der Waals surface area contributed by atoms with Gasteiger partial charge in [-0.25, -0.2) is 9.97 Å². The summed E-state index contributed by atoms with van der Waals surface area (Å²) in [6, 6.07) is 1.88. The highest BCUT2D eigenvalue weighted by Gasteiger charge is 2.49. The number of rotatable bonds is 7. The van der Waals surface area contributed by atoms with Crippen LogP contribution in [0.5, 0.6) is 0 Å². The number of hydrogen-bond acceptors (Lipinski definition) is 9. The number of aryl methyl sites for hydroxylation is 1. The van der Waals surface area contributed by atoms with Gasteiger partial charge < -0.3 is 35.1 Å². The number of carbonyl (C=O) groups is 1. The van der Waals surface area contributed by atoms with Crippen LogP contribution in [-0.2, 0) is 16.6 Å². The standard InChI is InChI=1S/C26H36N8O4/c1-4-5-6-10-33(16-7-11-31(2)12-8-16)25(37)22-20(35)21(36)26(38-22)34-14-17(18-9-13-32(3)30-18)19-23(27)28-15-29-24(19)34/h4-5,9,13-16,20-22,26,35-36H,6-8,10-12H2,1-3H3,(H2,27,28,29)/b5-4+/t20-,21+,22-,26+/m0/s1. The summed E-state index contributed by atoms with van der Waals surface area (Å²) >= 11 is 0. The second kappa shape index (κ2) is 10.8. The number of likely N-dealkylation sites (tertiary alicyclic amines) is 1. The molecule has 12 heteroatoms. The van der Waals surface area contributed by atoms with Gasteiger partial charge in [-0.1, -0.05) is 12.2 Å². The van der Waals surface area contributed by atoms with Crippen LogP contribution in [-0.4, -0.2) is 101 Å². The fourth-order valence-corrected chi connectivity index (χ4v) is 5.47. The summed E-state index contributed by atoms with van der Waals surface area (Å²) in [5.41, 5.74) is 7.95. The van der Waals surface area contributed by atoms with Crippen molar-refractivity contribution < 1.29 is 19.7 Å². The van der Waals surface area contributed by atoms with E-state index in [1.807, 2.05) is 43.3 Å². The van der Waals surface area contributed by atoms with Gasteiger partial charge in [0.2, 0.25) is 0 Å². The number of aromatic nitrogens is 5. The molecule has 0 bridgehead atoms. The molecule has 5 rings (SSSR count). The van der Waals surface area contributed by atoms with Crippen molar-refractivity contribution in [2.45, 2.75) is 56.8 Å². The Balaban J connectivity index is 1.46. The lowest BCUT2D eigenvalue weighted by molar-refractivity contribution is -0.152. The second-order valence-electron chi connectivity index (χ2n) is 10.1. The predicted octanol–water partition coefficient (Wildman–Crippen LogP) is 0.922. The highest BCUT2D eigenvalue weighted by atomic mass is 16.6. The van der Waals surface area contributed by atoms with E-state index in [4.69, 9.17) is 10.5 Å². The third-order valence-corrected chi connectivity index (χ3v) is 7.57. The van der Waals surface area contributed by atoms with Crippen LogP contribution >= 0.6 is 0 Å². The van der Waals surface area contributed by atoms with Crippen LogP contribution < -0.4 is 5.73 Å². The van der Waals surface area contributed by atoms with Crippen molar-refractivity contribution >= 4 is 22.8 Å². The zero-order valence-electron chi connectivity index (χ0n) is 22.0. The minimum absolute atomic E-state index is 0.0478. The first-order valence-electron chi connectivity index (χ1n) is 13.0. The maximum Gasteiger partial charge on any atom is 0.254 e. The number of anilines is 1. The summed E-state index contributed by atoms with van der Waals surface area (Å²) in [5, 5.41) is 27.2. The van der Waals surface area contributed by atoms with Crippen molar-refractivity contribution in [1.82, 2.24) is 34.1 Å². The van der Waals surface area contributed by atoms with E-state index >= 15 is 0 Å². The van der Waals surface area contributed by atoms with Gasteiger partial charge in [0, 0.05) is 37.6 Å². The molecule has 3 aromatic rings. The Kier molecular flexibility index (Phi) is 7.48. The van der Waals surface area contributed by atoms with Gasteiger partial charge in [0.25, 0.3) is 5.91 Å². The normalized spacial score (nSPS) is 25.1. The molecular formula is C26H36N8O4. The molecule has 4 atom stereocenters. The minimum atomic E-state index is -1.40. The molecule has 1 amide bonds. The maximum absolute atomic E-state index is 13.8. The van der Waals surface area contributed by atoms with Gasteiger partial charge in [-0.15, -0.1) is 0 Å². The van der Waals surface area contributed by atoms with Crippen molar-refractivity contribution in [3.63, 3.8) is 0 Å². The van der Waals surface area contributed by atoms with Gasteiger partial charge in [0.15, 0.2) is 12.3 Å². The molecule has 2 aliphatic heterocycles. The van der Waals surface area contributed by atoms with Crippen LogP contribution in [0.4, 0.5) is 5.82 Å².